The fraction of sp³-hybridized carbons (Fsp3) is 0.571. The first-order valence-corrected chi connectivity index (χ1v) is 8.34. The van der Waals surface area contributed by atoms with Crippen LogP contribution in [0.15, 0.2) is 23.1 Å². The highest BCUT2D eigenvalue weighted by Gasteiger charge is 2.25. The van der Waals surface area contributed by atoms with E-state index in [9.17, 15) is 12.8 Å². The number of sulfonamides is 1. The Hall–Kier alpha value is -0.980. The SMILES string of the molecule is CCCCN(CC)S(=O)(=O)c1cc(F)ccc1CNC. The molecule has 0 aliphatic carbocycles. The normalized spacial score (nSPS) is 12.1. The monoisotopic (exact) mass is 302 g/mol. The molecule has 20 heavy (non-hydrogen) atoms. The molecule has 0 bridgehead atoms. The van der Waals surface area contributed by atoms with Gasteiger partial charge in [-0.15, -0.1) is 0 Å². The maximum absolute atomic E-state index is 13.4. The molecule has 4 nitrogen and oxygen atoms in total. The van der Waals surface area contributed by atoms with E-state index < -0.39 is 15.8 Å². The Labute approximate surface area is 121 Å². The average Bonchev–Trinajstić information content (AvgIpc) is 2.41. The Kier molecular flexibility index (Phi) is 6.58. The van der Waals surface area contributed by atoms with Crippen molar-refractivity contribution in [2.75, 3.05) is 20.1 Å². The summed E-state index contributed by atoms with van der Waals surface area (Å²) in [5.41, 5.74) is 0.587. The van der Waals surface area contributed by atoms with E-state index in [4.69, 9.17) is 0 Å². The van der Waals surface area contributed by atoms with Crippen LogP contribution < -0.4 is 5.32 Å². The van der Waals surface area contributed by atoms with Gasteiger partial charge in [-0.05, 0) is 31.2 Å². The minimum absolute atomic E-state index is 0.0600. The zero-order valence-electron chi connectivity index (χ0n) is 12.3. The zero-order chi connectivity index (χ0) is 15.2. The molecular formula is C14H23FN2O2S. The summed E-state index contributed by atoms with van der Waals surface area (Å²) in [6.45, 7) is 5.04. The molecular weight excluding hydrogens is 279 g/mol. The van der Waals surface area contributed by atoms with Gasteiger partial charge in [-0.3, -0.25) is 0 Å². The van der Waals surface area contributed by atoms with Crippen LogP contribution in [0, 0.1) is 5.82 Å². The third-order valence-electron chi connectivity index (χ3n) is 3.13. The maximum Gasteiger partial charge on any atom is 0.243 e. The van der Waals surface area contributed by atoms with E-state index in [1.807, 2.05) is 6.92 Å². The van der Waals surface area contributed by atoms with Crippen LogP contribution in [-0.2, 0) is 16.6 Å². The maximum atomic E-state index is 13.4. The van der Waals surface area contributed by atoms with Gasteiger partial charge in [0.2, 0.25) is 10.0 Å². The number of nitrogens with zero attached hydrogens (tertiary/aromatic N) is 1. The van der Waals surface area contributed by atoms with Crippen molar-refractivity contribution in [1.29, 1.82) is 0 Å². The molecule has 6 heteroatoms. The second-order valence-electron chi connectivity index (χ2n) is 4.63. The predicted molar refractivity (Wildman–Crippen MR) is 78.5 cm³/mol. The van der Waals surface area contributed by atoms with Crippen LogP contribution >= 0.6 is 0 Å². The summed E-state index contributed by atoms with van der Waals surface area (Å²) in [5, 5.41) is 2.91. The molecule has 1 aromatic rings. The molecule has 0 spiro atoms. The summed E-state index contributed by atoms with van der Waals surface area (Å²) < 4.78 is 40.1. The smallest absolute Gasteiger partial charge is 0.243 e. The predicted octanol–water partition coefficient (Wildman–Crippen LogP) is 2.36. The Morgan fingerprint density at radius 1 is 1.30 bits per heavy atom. The molecule has 0 unspecified atom stereocenters. The van der Waals surface area contributed by atoms with Crippen LogP contribution in [0.25, 0.3) is 0 Å². The highest BCUT2D eigenvalue weighted by molar-refractivity contribution is 7.89. The largest absolute Gasteiger partial charge is 0.316 e. The van der Waals surface area contributed by atoms with Gasteiger partial charge in [-0.2, -0.15) is 4.31 Å². The van der Waals surface area contributed by atoms with Crippen LogP contribution in [0.2, 0.25) is 0 Å². The fourth-order valence-electron chi connectivity index (χ4n) is 2.03. The van der Waals surface area contributed by atoms with E-state index in [1.165, 1.54) is 16.4 Å². The van der Waals surface area contributed by atoms with E-state index in [0.29, 0.717) is 25.2 Å². The molecule has 0 fully saturated rings. The first-order valence-electron chi connectivity index (χ1n) is 6.90. The molecule has 0 aliphatic heterocycles. The summed E-state index contributed by atoms with van der Waals surface area (Å²) in [6.07, 6.45) is 1.71. The highest BCUT2D eigenvalue weighted by Crippen LogP contribution is 2.22. The topological polar surface area (TPSA) is 49.4 Å². The Morgan fingerprint density at radius 2 is 2.00 bits per heavy atom. The summed E-state index contributed by atoms with van der Waals surface area (Å²) in [7, 11) is -1.91. The molecule has 1 rings (SSSR count). The molecule has 0 atom stereocenters. The lowest BCUT2D eigenvalue weighted by molar-refractivity contribution is 0.417. The van der Waals surface area contributed by atoms with E-state index in [2.05, 4.69) is 5.32 Å². The molecule has 114 valence electrons. The van der Waals surface area contributed by atoms with Crippen LogP contribution in [0.1, 0.15) is 32.3 Å². The minimum atomic E-state index is -3.65. The van der Waals surface area contributed by atoms with Crippen molar-refractivity contribution in [3.05, 3.63) is 29.6 Å². The zero-order valence-corrected chi connectivity index (χ0v) is 13.1. The molecule has 0 heterocycles. The van der Waals surface area contributed by atoms with Gasteiger partial charge < -0.3 is 5.32 Å². The van der Waals surface area contributed by atoms with Gasteiger partial charge in [-0.1, -0.05) is 26.3 Å². The lowest BCUT2D eigenvalue weighted by Gasteiger charge is -2.22. The van der Waals surface area contributed by atoms with Crippen molar-refractivity contribution in [3.8, 4) is 0 Å². The van der Waals surface area contributed by atoms with Gasteiger partial charge in [0.25, 0.3) is 0 Å². The molecule has 0 saturated carbocycles. The number of benzene rings is 1. The minimum Gasteiger partial charge on any atom is -0.316 e. The van der Waals surface area contributed by atoms with Gasteiger partial charge in [0.05, 0.1) is 4.90 Å². The third kappa shape index (κ3) is 4.01. The van der Waals surface area contributed by atoms with Crippen LogP contribution in [0.4, 0.5) is 4.39 Å². The van der Waals surface area contributed by atoms with Crippen LogP contribution in [0.3, 0.4) is 0 Å². The van der Waals surface area contributed by atoms with Gasteiger partial charge in [-0.25, -0.2) is 12.8 Å². The summed E-state index contributed by atoms with van der Waals surface area (Å²) in [5.74, 6) is -0.532. The molecule has 0 aliphatic rings. The molecule has 1 N–H and O–H groups in total. The third-order valence-corrected chi connectivity index (χ3v) is 5.18. The van der Waals surface area contributed by atoms with Gasteiger partial charge in [0.15, 0.2) is 0 Å². The number of hydrogen-bond acceptors (Lipinski definition) is 3. The number of unbranched alkanes of at least 4 members (excludes halogenated alkanes) is 1. The number of hydrogen-bond donors (Lipinski definition) is 1. The van der Waals surface area contributed by atoms with Crippen LogP contribution in [-0.4, -0.2) is 32.9 Å². The van der Waals surface area contributed by atoms with E-state index in [1.54, 1.807) is 14.0 Å². The second kappa shape index (κ2) is 7.71. The Morgan fingerprint density at radius 3 is 2.55 bits per heavy atom. The first-order chi connectivity index (χ1) is 9.47. The van der Waals surface area contributed by atoms with Crippen molar-refractivity contribution in [2.45, 2.75) is 38.1 Å². The van der Waals surface area contributed by atoms with Gasteiger partial charge in [0.1, 0.15) is 5.82 Å². The van der Waals surface area contributed by atoms with Gasteiger partial charge in [0, 0.05) is 19.6 Å². The Balaban J connectivity index is 3.21. The number of nitrogens with one attached hydrogen (secondary N) is 1. The summed E-state index contributed by atoms with van der Waals surface area (Å²) in [4.78, 5) is 0.0600. The highest BCUT2D eigenvalue weighted by atomic mass is 32.2. The van der Waals surface area contributed by atoms with E-state index in [-0.39, 0.29) is 4.90 Å². The van der Waals surface area contributed by atoms with Crippen molar-refractivity contribution in [2.24, 2.45) is 0 Å². The molecule has 1 aromatic carbocycles. The lowest BCUT2D eigenvalue weighted by Crippen LogP contribution is -2.32. The standard InChI is InChI=1S/C14H23FN2O2S/c1-4-6-9-17(5-2)20(18,19)14-10-13(15)8-7-12(14)11-16-3/h7-8,10,16H,4-6,9,11H2,1-3H3. The van der Waals surface area contributed by atoms with E-state index in [0.717, 1.165) is 18.9 Å². The molecule has 0 aromatic heterocycles. The van der Waals surface area contributed by atoms with E-state index >= 15 is 0 Å². The Bertz CT molecular complexity index is 532. The summed E-state index contributed by atoms with van der Waals surface area (Å²) in [6, 6.07) is 3.91. The fourth-order valence-corrected chi connectivity index (χ4v) is 3.75. The van der Waals surface area contributed by atoms with Crippen molar-refractivity contribution in [1.82, 2.24) is 9.62 Å². The lowest BCUT2D eigenvalue weighted by atomic mass is 10.2. The van der Waals surface area contributed by atoms with Crippen molar-refractivity contribution in [3.63, 3.8) is 0 Å². The second-order valence-corrected chi connectivity index (χ2v) is 6.54. The summed E-state index contributed by atoms with van der Waals surface area (Å²) >= 11 is 0. The van der Waals surface area contributed by atoms with Crippen molar-refractivity contribution < 1.29 is 12.8 Å². The van der Waals surface area contributed by atoms with Gasteiger partial charge >= 0.3 is 0 Å². The molecule has 0 radical (unpaired) electrons. The van der Waals surface area contributed by atoms with Crippen LogP contribution in [0.5, 0.6) is 0 Å². The first kappa shape index (κ1) is 17.1. The molecule has 0 amide bonds. The van der Waals surface area contributed by atoms with Crippen molar-refractivity contribution >= 4 is 10.0 Å². The number of rotatable bonds is 8. The quantitative estimate of drug-likeness (QED) is 0.802. The number of halogens is 1. The molecule has 0 saturated heterocycles. The average molecular weight is 302 g/mol.